The van der Waals surface area contributed by atoms with Crippen LogP contribution in [-0.2, 0) is 4.43 Å². The first-order valence-corrected chi connectivity index (χ1v) is 11.8. The van der Waals surface area contributed by atoms with Gasteiger partial charge >= 0.3 is 0 Å². The second-order valence-corrected chi connectivity index (χ2v) is 11.7. The summed E-state index contributed by atoms with van der Waals surface area (Å²) in [5.41, 5.74) is 0. The highest BCUT2D eigenvalue weighted by Crippen LogP contribution is 2.24. The van der Waals surface area contributed by atoms with Gasteiger partial charge in [0.05, 0.1) is 6.10 Å². The van der Waals surface area contributed by atoms with E-state index in [1.165, 1.54) is 18.1 Å². The monoisotopic (exact) mass is 410 g/mol. The molecular formula is C15H27IOSSi. The Balaban J connectivity index is 4.58. The standard InChI is InChI=1S/C15H27IOSSi/c1-6-19(7-2,8-3)17-15(11-12-16)10-9-13-18-14(4)5/h11-12,14-15H,6-8,10H2,1-5H3/b12-11+/t15-/m1/s1. The Hall–Kier alpha value is 0.557. The Kier molecular flexibility index (Phi) is 11.6. The minimum atomic E-state index is -1.53. The van der Waals surface area contributed by atoms with Crippen LogP contribution in [0.5, 0.6) is 0 Å². The van der Waals surface area contributed by atoms with E-state index in [-0.39, 0.29) is 6.10 Å². The topological polar surface area (TPSA) is 9.23 Å². The summed E-state index contributed by atoms with van der Waals surface area (Å²) < 4.78 is 8.52. The molecule has 0 unspecified atom stereocenters. The lowest BCUT2D eigenvalue weighted by Gasteiger charge is -2.31. The number of halogens is 1. The highest BCUT2D eigenvalue weighted by atomic mass is 127. The van der Waals surface area contributed by atoms with Crippen molar-refractivity contribution in [3.63, 3.8) is 0 Å². The van der Waals surface area contributed by atoms with Gasteiger partial charge in [-0.1, -0.05) is 81.0 Å². The van der Waals surface area contributed by atoms with E-state index in [0.717, 1.165) is 6.42 Å². The summed E-state index contributed by atoms with van der Waals surface area (Å²) in [5.74, 6) is 3.25. The van der Waals surface area contributed by atoms with Crippen LogP contribution >= 0.6 is 34.4 Å². The van der Waals surface area contributed by atoms with Gasteiger partial charge in [0, 0.05) is 11.7 Å². The molecule has 0 rings (SSSR count). The van der Waals surface area contributed by atoms with Crippen molar-refractivity contribution < 1.29 is 4.43 Å². The Morgan fingerprint density at radius 1 is 1.21 bits per heavy atom. The Labute approximate surface area is 138 Å². The van der Waals surface area contributed by atoms with Crippen molar-refractivity contribution in [3.05, 3.63) is 10.2 Å². The molecule has 0 radical (unpaired) electrons. The maximum Gasteiger partial charge on any atom is 0.192 e. The first-order chi connectivity index (χ1) is 9.03. The van der Waals surface area contributed by atoms with Crippen LogP contribution in [0.25, 0.3) is 0 Å². The highest BCUT2D eigenvalue weighted by Gasteiger charge is 2.30. The summed E-state index contributed by atoms with van der Waals surface area (Å²) in [5, 5.41) is 3.75. The van der Waals surface area contributed by atoms with Crippen LogP contribution in [0.1, 0.15) is 41.0 Å². The number of hydrogen-bond donors (Lipinski definition) is 0. The largest absolute Gasteiger partial charge is 0.410 e. The SMILES string of the molecule is CC[Si](CC)(CC)O[C@@H](/C=C/I)CC#CSC(C)C. The minimum absolute atomic E-state index is 0.170. The molecule has 1 atom stereocenters. The van der Waals surface area contributed by atoms with Crippen molar-refractivity contribution in [2.45, 2.75) is 70.5 Å². The van der Waals surface area contributed by atoms with E-state index < -0.39 is 8.32 Å². The first-order valence-electron chi connectivity index (χ1n) is 7.11. The van der Waals surface area contributed by atoms with Crippen LogP contribution in [0.4, 0.5) is 0 Å². The van der Waals surface area contributed by atoms with Crippen LogP contribution in [0.3, 0.4) is 0 Å². The summed E-state index contributed by atoms with van der Waals surface area (Å²) >= 11 is 3.96. The van der Waals surface area contributed by atoms with Crippen LogP contribution in [-0.4, -0.2) is 19.7 Å². The molecule has 0 aliphatic rings. The second kappa shape index (κ2) is 11.2. The summed E-state index contributed by atoms with van der Waals surface area (Å²) in [7, 11) is -1.53. The minimum Gasteiger partial charge on any atom is -0.410 e. The maximum absolute atomic E-state index is 6.47. The lowest BCUT2D eigenvalue weighted by molar-refractivity contribution is 0.238. The average molecular weight is 410 g/mol. The smallest absolute Gasteiger partial charge is 0.192 e. The van der Waals surface area contributed by atoms with Crippen molar-refractivity contribution in [3.8, 4) is 11.2 Å². The van der Waals surface area contributed by atoms with Gasteiger partial charge in [0.1, 0.15) is 0 Å². The van der Waals surface area contributed by atoms with Gasteiger partial charge in [-0.2, -0.15) is 0 Å². The van der Waals surface area contributed by atoms with Crippen molar-refractivity contribution in [1.82, 2.24) is 0 Å². The second-order valence-electron chi connectivity index (χ2n) is 4.87. The maximum atomic E-state index is 6.47. The fourth-order valence-electron chi connectivity index (χ4n) is 1.85. The third-order valence-electron chi connectivity index (χ3n) is 3.29. The van der Waals surface area contributed by atoms with Gasteiger partial charge in [0.25, 0.3) is 0 Å². The van der Waals surface area contributed by atoms with Gasteiger partial charge in [0.15, 0.2) is 8.32 Å². The van der Waals surface area contributed by atoms with Crippen LogP contribution in [0.2, 0.25) is 18.1 Å². The Bertz CT molecular complexity index is 308. The summed E-state index contributed by atoms with van der Waals surface area (Å²) in [6.07, 6.45) is 3.13. The molecule has 0 bridgehead atoms. The van der Waals surface area contributed by atoms with Gasteiger partial charge < -0.3 is 4.43 Å². The molecule has 0 aromatic carbocycles. The Morgan fingerprint density at radius 2 is 1.79 bits per heavy atom. The van der Waals surface area contributed by atoms with Crippen LogP contribution in [0, 0.1) is 11.2 Å². The molecular weight excluding hydrogens is 383 g/mol. The number of thioether (sulfide) groups is 1. The zero-order valence-corrected chi connectivity index (χ0v) is 16.8. The zero-order chi connectivity index (χ0) is 14.7. The van der Waals surface area contributed by atoms with Gasteiger partial charge in [-0.25, -0.2) is 0 Å². The Morgan fingerprint density at radius 3 is 2.21 bits per heavy atom. The normalized spacial score (nSPS) is 13.6. The first kappa shape index (κ1) is 19.6. The van der Waals surface area contributed by atoms with E-state index >= 15 is 0 Å². The molecule has 19 heavy (non-hydrogen) atoms. The van der Waals surface area contributed by atoms with Crippen LogP contribution < -0.4 is 0 Å². The number of rotatable bonds is 8. The number of hydrogen-bond acceptors (Lipinski definition) is 2. The van der Waals surface area contributed by atoms with Crippen molar-refractivity contribution in [2.24, 2.45) is 0 Å². The third kappa shape index (κ3) is 8.44. The molecule has 0 aromatic heterocycles. The summed E-state index contributed by atoms with van der Waals surface area (Å²) in [6.45, 7) is 11.1. The average Bonchev–Trinajstić information content (AvgIpc) is 2.40. The molecule has 110 valence electrons. The molecule has 0 saturated heterocycles. The van der Waals surface area contributed by atoms with Gasteiger partial charge in [-0.3, -0.25) is 0 Å². The van der Waals surface area contributed by atoms with Gasteiger partial charge in [-0.15, -0.1) is 0 Å². The quantitative estimate of drug-likeness (QED) is 0.283. The third-order valence-corrected chi connectivity index (χ3v) is 9.11. The molecule has 4 heteroatoms. The summed E-state index contributed by atoms with van der Waals surface area (Å²) in [6, 6.07) is 3.58. The predicted molar refractivity (Wildman–Crippen MR) is 100 cm³/mol. The molecule has 0 spiro atoms. The molecule has 1 nitrogen and oxygen atoms in total. The predicted octanol–water partition coefficient (Wildman–Crippen LogP) is 5.82. The van der Waals surface area contributed by atoms with Gasteiger partial charge in [0.2, 0.25) is 0 Å². The van der Waals surface area contributed by atoms with E-state index in [1.54, 1.807) is 11.8 Å². The van der Waals surface area contributed by atoms with Gasteiger partial charge in [-0.05, 0) is 27.5 Å². The zero-order valence-electron chi connectivity index (χ0n) is 12.8. The fourth-order valence-corrected chi connectivity index (χ4v) is 5.52. The lowest BCUT2D eigenvalue weighted by Crippen LogP contribution is -2.39. The molecule has 0 heterocycles. The lowest BCUT2D eigenvalue weighted by atomic mass is 10.3. The van der Waals surface area contributed by atoms with Crippen LogP contribution in [0.15, 0.2) is 10.2 Å². The van der Waals surface area contributed by atoms with E-state index in [0.29, 0.717) is 5.25 Å². The summed E-state index contributed by atoms with van der Waals surface area (Å²) in [4.78, 5) is 0. The molecule has 0 aliphatic carbocycles. The molecule has 0 aromatic rings. The molecule has 0 saturated carbocycles. The molecule has 0 fully saturated rings. The highest BCUT2D eigenvalue weighted by molar-refractivity contribution is 14.1. The van der Waals surface area contributed by atoms with E-state index in [9.17, 15) is 0 Å². The molecule has 0 N–H and O–H groups in total. The molecule has 0 aliphatic heterocycles. The fraction of sp³-hybridized carbons (Fsp3) is 0.733. The van der Waals surface area contributed by atoms with E-state index in [4.69, 9.17) is 4.43 Å². The van der Waals surface area contributed by atoms with Crippen molar-refractivity contribution in [2.75, 3.05) is 0 Å². The van der Waals surface area contributed by atoms with Crippen molar-refractivity contribution >= 4 is 42.7 Å². The van der Waals surface area contributed by atoms with E-state index in [1.807, 2.05) is 0 Å². The molecule has 0 amide bonds. The van der Waals surface area contributed by atoms with Crippen molar-refractivity contribution in [1.29, 1.82) is 0 Å². The van der Waals surface area contributed by atoms with E-state index in [2.05, 4.69) is 78.5 Å².